The van der Waals surface area contributed by atoms with Crippen molar-refractivity contribution < 1.29 is 35.0 Å². The molecule has 0 aromatic carbocycles. The van der Waals surface area contributed by atoms with E-state index in [0.717, 1.165) is 4.57 Å². The maximum atomic E-state index is 11.6. The molecular weight excluding hydrogens is 573 g/mol. The lowest BCUT2D eigenvalue weighted by Gasteiger charge is -2.16. The Morgan fingerprint density at radius 2 is 1.76 bits per heavy atom. The number of nitrogen functional groups attached to an aromatic ring is 1. The third-order valence-electron chi connectivity index (χ3n) is 5.26. The minimum absolute atomic E-state index is 0.0537. The first-order valence-electron chi connectivity index (χ1n) is 9.99. The predicted octanol–water partition coefficient (Wildman–Crippen LogP) is -3.78. The van der Waals surface area contributed by atoms with E-state index in [1.54, 1.807) is 22.6 Å². The molecule has 2 fully saturated rings. The van der Waals surface area contributed by atoms with E-state index in [4.69, 9.17) is 25.4 Å². The summed E-state index contributed by atoms with van der Waals surface area (Å²) in [6.45, 7) is -0.765. The minimum Gasteiger partial charge on any atom is -0.394 e. The van der Waals surface area contributed by atoms with Crippen molar-refractivity contribution in [2.75, 3.05) is 18.9 Å². The molecule has 0 amide bonds. The van der Waals surface area contributed by atoms with Crippen molar-refractivity contribution in [2.45, 2.75) is 49.4 Å². The van der Waals surface area contributed by atoms with E-state index in [1.165, 1.54) is 23.0 Å². The summed E-state index contributed by atoms with van der Waals surface area (Å²) in [7, 11) is 0. The van der Waals surface area contributed by atoms with Gasteiger partial charge in [-0.2, -0.15) is 4.98 Å². The molecular formula is C18H24IN5O10. The van der Waals surface area contributed by atoms with Gasteiger partial charge in [0.25, 0.3) is 5.56 Å². The fraction of sp³-hybridized carbons (Fsp3) is 0.556. The monoisotopic (exact) mass is 597 g/mol. The quantitative estimate of drug-likeness (QED) is 0.168. The summed E-state index contributed by atoms with van der Waals surface area (Å²) in [6, 6.07) is 1.37. The van der Waals surface area contributed by atoms with E-state index in [2.05, 4.69) is 9.97 Å². The highest BCUT2D eigenvalue weighted by Gasteiger charge is 2.43. The van der Waals surface area contributed by atoms with E-state index in [-0.39, 0.29) is 18.8 Å². The van der Waals surface area contributed by atoms with Gasteiger partial charge in [0.05, 0.1) is 22.9 Å². The van der Waals surface area contributed by atoms with Crippen molar-refractivity contribution in [2.24, 2.45) is 0 Å². The fourth-order valence-corrected chi connectivity index (χ4v) is 3.89. The topological polar surface area (TPSA) is 235 Å². The Bertz CT molecular complexity index is 1170. The van der Waals surface area contributed by atoms with Crippen molar-refractivity contribution in [3.05, 3.63) is 53.4 Å². The van der Waals surface area contributed by atoms with Gasteiger partial charge in [0.15, 0.2) is 6.23 Å². The summed E-state index contributed by atoms with van der Waals surface area (Å²) in [4.78, 5) is 39.9. The molecule has 2 aromatic rings. The van der Waals surface area contributed by atoms with Gasteiger partial charge in [0.1, 0.15) is 36.5 Å². The van der Waals surface area contributed by atoms with Gasteiger partial charge >= 0.3 is 11.4 Å². The first-order valence-corrected chi connectivity index (χ1v) is 11.1. The molecule has 2 aliphatic rings. The molecule has 7 atom stereocenters. The zero-order valence-electron chi connectivity index (χ0n) is 17.5. The Morgan fingerprint density at radius 3 is 2.32 bits per heavy atom. The second-order valence-electron chi connectivity index (χ2n) is 7.53. The average Bonchev–Trinajstić information content (AvgIpc) is 3.30. The third kappa shape index (κ3) is 5.54. The van der Waals surface area contributed by atoms with Gasteiger partial charge in [-0.25, -0.2) is 9.59 Å². The number of nitrogens with two attached hydrogens (primary N) is 1. The molecule has 2 aliphatic heterocycles. The third-order valence-corrected chi connectivity index (χ3v) is 6.03. The maximum absolute atomic E-state index is 11.6. The number of hydrogen-bond donors (Lipinski definition) is 7. The first-order chi connectivity index (χ1) is 16.1. The zero-order valence-corrected chi connectivity index (χ0v) is 19.6. The van der Waals surface area contributed by atoms with Crippen LogP contribution in [0.4, 0.5) is 5.82 Å². The van der Waals surface area contributed by atoms with Crippen LogP contribution in [0.1, 0.15) is 18.9 Å². The van der Waals surface area contributed by atoms with Gasteiger partial charge in [-0.15, -0.1) is 0 Å². The van der Waals surface area contributed by atoms with Gasteiger partial charge in [-0.3, -0.25) is 18.9 Å². The Balaban J connectivity index is 0.000000191. The van der Waals surface area contributed by atoms with Crippen LogP contribution in [-0.4, -0.2) is 88.4 Å². The average molecular weight is 597 g/mol. The van der Waals surface area contributed by atoms with Gasteiger partial charge in [0.2, 0.25) is 0 Å². The van der Waals surface area contributed by atoms with E-state index < -0.39 is 66.5 Å². The number of ether oxygens (including phenoxy) is 2. The Labute approximate surface area is 204 Å². The Kier molecular flexibility index (Phi) is 8.57. The number of rotatable bonds is 4. The van der Waals surface area contributed by atoms with Crippen LogP contribution in [0, 0.1) is 3.57 Å². The SMILES string of the molecule is Nc1ccn([C@@H]2O[C@H](CO)[C@@H](O)[C@@H]2O)c(=O)n1.O=c1[nH]c(=O)n([C@H]2C[C@H](O)[C@@H](CO)O2)cc1I. The zero-order chi connectivity index (χ0) is 25.2. The van der Waals surface area contributed by atoms with Crippen LogP contribution in [0.15, 0.2) is 32.8 Å². The highest BCUT2D eigenvalue weighted by atomic mass is 127. The number of H-pyrrole nitrogens is 1. The van der Waals surface area contributed by atoms with Crippen molar-refractivity contribution >= 4 is 28.4 Å². The van der Waals surface area contributed by atoms with Gasteiger partial charge in [0, 0.05) is 18.8 Å². The van der Waals surface area contributed by atoms with Crippen LogP contribution in [0.25, 0.3) is 0 Å². The first kappa shape index (κ1) is 26.4. The number of hydrogen-bond acceptors (Lipinski definition) is 12. The number of aliphatic hydroxyl groups is 5. The number of nitrogens with one attached hydrogen (secondary N) is 1. The lowest BCUT2D eigenvalue weighted by atomic mass is 10.1. The number of aliphatic hydroxyl groups excluding tert-OH is 5. The maximum Gasteiger partial charge on any atom is 0.351 e. The molecule has 0 aliphatic carbocycles. The van der Waals surface area contributed by atoms with Crippen LogP contribution in [0.3, 0.4) is 0 Å². The molecule has 188 valence electrons. The van der Waals surface area contributed by atoms with E-state index >= 15 is 0 Å². The van der Waals surface area contributed by atoms with Crippen LogP contribution in [0.5, 0.6) is 0 Å². The molecule has 0 radical (unpaired) electrons. The highest BCUT2D eigenvalue weighted by Crippen LogP contribution is 2.28. The van der Waals surface area contributed by atoms with Gasteiger partial charge in [-0.05, 0) is 28.7 Å². The summed E-state index contributed by atoms with van der Waals surface area (Å²) < 4.78 is 13.1. The number of halogens is 1. The molecule has 2 aromatic heterocycles. The predicted molar refractivity (Wildman–Crippen MR) is 122 cm³/mol. The number of nitrogens with zero attached hydrogens (tertiary/aromatic N) is 3. The molecule has 4 rings (SSSR count). The lowest BCUT2D eigenvalue weighted by molar-refractivity contribution is -0.0549. The Hall–Kier alpha value is -2.19. The number of aromatic nitrogens is 4. The minimum atomic E-state index is -1.31. The van der Waals surface area contributed by atoms with Crippen molar-refractivity contribution in [3.63, 3.8) is 0 Å². The van der Waals surface area contributed by atoms with Crippen LogP contribution >= 0.6 is 22.6 Å². The highest BCUT2D eigenvalue weighted by molar-refractivity contribution is 14.1. The lowest BCUT2D eigenvalue weighted by Crippen LogP contribution is -2.36. The fourth-order valence-electron chi connectivity index (χ4n) is 3.45. The van der Waals surface area contributed by atoms with Crippen molar-refractivity contribution in [1.82, 2.24) is 19.1 Å². The van der Waals surface area contributed by atoms with Crippen molar-refractivity contribution in [3.8, 4) is 0 Å². The van der Waals surface area contributed by atoms with Crippen LogP contribution in [-0.2, 0) is 9.47 Å². The van der Waals surface area contributed by atoms with Crippen LogP contribution < -0.4 is 22.7 Å². The van der Waals surface area contributed by atoms with E-state index in [9.17, 15) is 29.7 Å². The summed E-state index contributed by atoms with van der Waals surface area (Å²) in [5, 5.41) is 46.7. The van der Waals surface area contributed by atoms with E-state index in [0.29, 0.717) is 3.57 Å². The molecule has 16 heteroatoms. The molecule has 8 N–H and O–H groups in total. The van der Waals surface area contributed by atoms with Gasteiger partial charge < -0.3 is 40.7 Å². The molecule has 15 nitrogen and oxygen atoms in total. The summed E-state index contributed by atoms with van der Waals surface area (Å²) in [6.07, 6.45) is -3.87. The molecule has 4 heterocycles. The van der Waals surface area contributed by atoms with Crippen molar-refractivity contribution in [1.29, 1.82) is 0 Å². The summed E-state index contributed by atoms with van der Waals surface area (Å²) in [5.41, 5.74) is 3.58. The standard InChI is InChI=1S/C9H11IN2O5.C9H13N3O5/c10-4-2-12(9(16)11-8(4)15)7-1-5(14)6(3-13)17-7;10-5-1-2-12(9(16)11-5)8-7(15)6(14)4(3-13)17-8/h2,5-7,13-14H,1,3H2,(H,11,15,16);1-2,4,6-8,13-15H,3H2,(H2,10,11,16)/t5-,6+,7+;4-,6-,7+,8-/m01/s1. The number of anilines is 1. The normalized spacial score (nSPS) is 30.7. The molecule has 2 saturated heterocycles. The largest absolute Gasteiger partial charge is 0.394 e. The van der Waals surface area contributed by atoms with Gasteiger partial charge in [-0.1, -0.05) is 0 Å². The smallest absolute Gasteiger partial charge is 0.351 e. The second-order valence-corrected chi connectivity index (χ2v) is 8.69. The molecule has 0 spiro atoms. The molecule has 0 unspecified atom stereocenters. The second kappa shape index (κ2) is 11.0. The molecule has 0 saturated carbocycles. The van der Waals surface area contributed by atoms with E-state index in [1.807, 2.05) is 0 Å². The molecule has 34 heavy (non-hydrogen) atoms. The van der Waals surface area contributed by atoms with Crippen LogP contribution in [0.2, 0.25) is 0 Å². The summed E-state index contributed by atoms with van der Waals surface area (Å²) in [5.74, 6) is 0.0537. The Morgan fingerprint density at radius 1 is 1.09 bits per heavy atom. The molecule has 0 bridgehead atoms. The summed E-state index contributed by atoms with van der Waals surface area (Å²) >= 11 is 1.80. The number of aromatic amines is 1.